The second kappa shape index (κ2) is 10.7. The lowest BCUT2D eigenvalue weighted by atomic mass is 10.0. The third kappa shape index (κ3) is 6.54. The standard InChI is InChI=1S/C25H23NO5/c1-18-7-5-6-10-21(18)15-26-23(27)16-31-24(28)17-30-22-13-11-20(12-14-22)25(29)19-8-3-2-4-9-19/h2-14H,15-17H2,1H3,(H,26,27). The van der Waals surface area contributed by atoms with E-state index in [4.69, 9.17) is 9.47 Å². The van der Waals surface area contributed by atoms with Gasteiger partial charge in [-0.2, -0.15) is 0 Å². The Morgan fingerprint density at radius 3 is 2.13 bits per heavy atom. The number of carbonyl (C=O) groups is 3. The third-order valence-electron chi connectivity index (χ3n) is 4.61. The van der Waals surface area contributed by atoms with Gasteiger partial charge >= 0.3 is 5.97 Å². The maximum atomic E-state index is 12.4. The van der Waals surface area contributed by atoms with E-state index in [1.54, 1.807) is 48.5 Å². The highest BCUT2D eigenvalue weighted by atomic mass is 16.6. The Kier molecular flexibility index (Phi) is 7.54. The molecule has 158 valence electrons. The summed E-state index contributed by atoms with van der Waals surface area (Å²) in [5.74, 6) is -0.718. The Balaban J connectivity index is 1.40. The zero-order valence-corrected chi connectivity index (χ0v) is 17.2. The van der Waals surface area contributed by atoms with Gasteiger partial charge in [0.05, 0.1) is 0 Å². The predicted molar refractivity (Wildman–Crippen MR) is 116 cm³/mol. The van der Waals surface area contributed by atoms with Gasteiger partial charge in [0.25, 0.3) is 5.91 Å². The molecular weight excluding hydrogens is 394 g/mol. The molecule has 3 aromatic rings. The van der Waals surface area contributed by atoms with Crippen molar-refractivity contribution in [2.75, 3.05) is 13.2 Å². The van der Waals surface area contributed by atoms with Crippen LogP contribution in [0, 0.1) is 6.92 Å². The molecule has 0 atom stereocenters. The Labute approximate surface area is 180 Å². The van der Waals surface area contributed by atoms with Crippen molar-refractivity contribution in [3.05, 3.63) is 101 Å². The summed E-state index contributed by atoms with van der Waals surface area (Å²) in [6, 6.07) is 23.2. The number of ketones is 1. The van der Waals surface area contributed by atoms with Crippen molar-refractivity contribution >= 4 is 17.7 Å². The minimum atomic E-state index is -0.657. The lowest BCUT2D eigenvalue weighted by molar-refractivity contribution is -0.150. The van der Waals surface area contributed by atoms with Crippen molar-refractivity contribution in [1.82, 2.24) is 5.32 Å². The first-order valence-electron chi connectivity index (χ1n) is 9.82. The first-order valence-corrected chi connectivity index (χ1v) is 9.82. The molecule has 0 bridgehead atoms. The zero-order chi connectivity index (χ0) is 22.1. The third-order valence-corrected chi connectivity index (χ3v) is 4.61. The monoisotopic (exact) mass is 417 g/mol. The minimum Gasteiger partial charge on any atom is -0.482 e. The number of ether oxygens (including phenoxy) is 2. The lowest BCUT2D eigenvalue weighted by Crippen LogP contribution is -2.29. The number of rotatable bonds is 9. The molecular formula is C25H23NO5. The molecule has 0 aliphatic carbocycles. The van der Waals surface area contributed by atoms with Gasteiger partial charge in [0.1, 0.15) is 5.75 Å². The number of carbonyl (C=O) groups excluding carboxylic acids is 3. The molecule has 0 heterocycles. The number of benzene rings is 3. The Morgan fingerprint density at radius 2 is 1.42 bits per heavy atom. The molecule has 3 aromatic carbocycles. The number of esters is 1. The fourth-order valence-electron chi connectivity index (χ4n) is 2.84. The molecule has 31 heavy (non-hydrogen) atoms. The SMILES string of the molecule is Cc1ccccc1CNC(=O)COC(=O)COc1ccc(C(=O)c2ccccc2)cc1. The Bertz CT molecular complexity index is 1050. The predicted octanol–water partition coefficient (Wildman–Crippen LogP) is 3.46. The van der Waals surface area contributed by atoms with E-state index in [0.29, 0.717) is 23.4 Å². The largest absolute Gasteiger partial charge is 0.482 e. The maximum absolute atomic E-state index is 12.4. The van der Waals surface area contributed by atoms with Crippen molar-refractivity contribution in [2.24, 2.45) is 0 Å². The summed E-state index contributed by atoms with van der Waals surface area (Å²) >= 11 is 0. The molecule has 3 rings (SSSR count). The number of aryl methyl sites for hydroxylation is 1. The number of amides is 1. The summed E-state index contributed by atoms with van der Waals surface area (Å²) in [6.45, 7) is 1.62. The number of nitrogens with one attached hydrogen (secondary N) is 1. The molecule has 6 nitrogen and oxygen atoms in total. The lowest BCUT2D eigenvalue weighted by Gasteiger charge is -2.09. The molecule has 0 aliphatic heterocycles. The van der Waals surface area contributed by atoms with Crippen molar-refractivity contribution in [3.8, 4) is 5.75 Å². The smallest absolute Gasteiger partial charge is 0.344 e. The van der Waals surface area contributed by atoms with Crippen LogP contribution >= 0.6 is 0 Å². The molecule has 1 N–H and O–H groups in total. The van der Waals surface area contributed by atoms with Gasteiger partial charge in [0.2, 0.25) is 0 Å². The maximum Gasteiger partial charge on any atom is 0.344 e. The van der Waals surface area contributed by atoms with Crippen LogP contribution in [0.15, 0.2) is 78.9 Å². The van der Waals surface area contributed by atoms with Crippen LogP contribution in [0.4, 0.5) is 0 Å². The fraction of sp³-hybridized carbons (Fsp3) is 0.160. The van der Waals surface area contributed by atoms with E-state index >= 15 is 0 Å². The summed E-state index contributed by atoms with van der Waals surface area (Å²) in [7, 11) is 0. The second-order valence-corrected chi connectivity index (χ2v) is 6.87. The Morgan fingerprint density at radius 1 is 0.774 bits per heavy atom. The van der Waals surface area contributed by atoms with Gasteiger partial charge in [-0.05, 0) is 42.3 Å². The van der Waals surface area contributed by atoms with Crippen LogP contribution in [-0.4, -0.2) is 30.9 Å². The van der Waals surface area contributed by atoms with Crippen LogP contribution in [-0.2, 0) is 20.9 Å². The van der Waals surface area contributed by atoms with Gasteiger partial charge in [-0.1, -0.05) is 54.6 Å². The molecule has 0 fully saturated rings. The molecule has 0 aromatic heterocycles. The van der Waals surface area contributed by atoms with E-state index in [-0.39, 0.29) is 24.9 Å². The van der Waals surface area contributed by atoms with E-state index in [1.165, 1.54) is 0 Å². The highest BCUT2D eigenvalue weighted by Crippen LogP contribution is 2.15. The average Bonchev–Trinajstić information content (AvgIpc) is 2.81. The molecule has 0 unspecified atom stereocenters. The Hall–Kier alpha value is -3.93. The van der Waals surface area contributed by atoms with Crippen LogP contribution < -0.4 is 10.1 Å². The van der Waals surface area contributed by atoms with E-state index < -0.39 is 5.97 Å². The van der Waals surface area contributed by atoms with Crippen LogP contribution in [0.3, 0.4) is 0 Å². The quantitative estimate of drug-likeness (QED) is 0.426. The minimum absolute atomic E-state index is 0.0942. The molecule has 0 radical (unpaired) electrons. The highest BCUT2D eigenvalue weighted by molar-refractivity contribution is 6.08. The topological polar surface area (TPSA) is 81.7 Å². The molecule has 6 heteroatoms. The van der Waals surface area contributed by atoms with Crippen LogP contribution in [0.5, 0.6) is 5.75 Å². The van der Waals surface area contributed by atoms with Crippen LogP contribution in [0.25, 0.3) is 0 Å². The second-order valence-electron chi connectivity index (χ2n) is 6.87. The first kappa shape index (κ1) is 21.8. The molecule has 0 aliphatic rings. The number of hydrogen-bond donors (Lipinski definition) is 1. The van der Waals surface area contributed by atoms with Gasteiger partial charge < -0.3 is 14.8 Å². The van der Waals surface area contributed by atoms with Crippen molar-refractivity contribution in [3.63, 3.8) is 0 Å². The summed E-state index contributed by atoms with van der Waals surface area (Å²) in [4.78, 5) is 36.1. The normalized spacial score (nSPS) is 10.2. The van der Waals surface area contributed by atoms with Gasteiger partial charge in [0.15, 0.2) is 19.0 Å². The van der Waals surface area contributed by atoms with Gasteiger partial charge in [0, 0.05) is 17.7 Å². The fourth-order valence-corrected chi connectivity index (χ4v) is 2.84. The van der Waals surface area contributed by atoms with Gasteiger partial charge in [-0.3, -0.25) is 9.59 Å². The van der Waals surface area contributed by atoms with E-state index in [1.807, 2.05) is 37.3 Å². The number of hydrogen-bond acceptors (Lipinski definition) is 5. The van der Waals surface area contributed by atoms with Gasteiger partial charge in [-0.25, -0.2) is 4.79 Å². The summed E-state index contributed by atoms with van der Waals surface area (Å²) in [5.41, 5.74) is 3.19. The van der Waals surface area contributed by atoms with Crippen molar-refractivity contribution in [2.45, 2.75) is 13.5 Å². The van der Waals surface area contributed by atoms with Crippen molar-refractivity contribution in [1.29, 1.82) is 0 Å². The van der Waals surface area contributed by atoms with E-state index in [0.717, 1.165) is 11.1 Å². The van der Waals surface area contributed by atoms with E-state index in [9.17, 15) is 14.4 Å². The molecule has 0 saturated heterocycles. The van der Waals surface area contributed by atoms with Gasteiger partial charge in [-0.15, -0.1) is 0 Å². The summed E-state index contributed by atoms with van der Waals surface area (Å²) in [6.07, 6.45) is 0. The average molecular weight is 417 g/mol. The summed E-state index contributed by atoms with van der Waals surface area (Å²) < 4.78 is 10.3. The van der Waals surface area contributed by atoms with Crippen molar-refractivity contribution < 1.29 is 23.9 Å². The van der Waals surface area contributed by atoms with Crippen LogP contribution in [0.1, 0.15) is 27.0 Å². The zero-order valence-electron chi connectivity index (χ0n) is 17.2. The summed E-state index contributed by atoms with van der Waals surface area (Å²) in [5, 5.41) is 2.71. The highest BCUT2D eigenvalue weighted by Gasteiger charge is 2.11. The molecule has 0 spiro atoms. The first-order chi connectivity index (χ1) is 15.0. The molecule has 0 saturated carbocycles. The molecule has 1 amide bonds. The van der Waals surface area contributed by atoms with Crippen LogP contribution in [0.2, 0.25) is 0 Å². The van der Waals surface area contributed by atoms with E-state index in [2.05, 4.69) is 5.32 Å².